The number of hydrogen-bond acceptors (Lipinski definition) is 8. The van der Waals surface area contributed by atoms with Crippen LogP contribution in [0.15, 0.2) is 24.3 Å². The molecule has 0 spiro atoms. The van der Waals surface area contributed by atoms with Crippen molar-refractivity contribution in [3.63, 3.8) is 0 Å². The van der Waals surface area contributed by atoms with E-state index in [1.54, 1.807) is 12.1 Å². The Hall–Kier alpha value is -1.71. The maximum atomic E-state index is 11.7. The van der Waals surface area contributed by atoms with E-state index in [9.17, 15) is 20.1 Å². The Bertz CT molecular complexity index is 517. The van der Waals surface area contributed by atoms with Crippen LogP contribution in [0.3, 0.4) is 0 Å². The quantitative estimate of drug-likeness (QED) is 0.503. The van der Waals surface area contributed by atoms with Gasteiger partial charge in [-0.2, -0.15) is 0 Å². The lowest BCUT2D eigenvalue weighted by atomic mass is 9.99. The normalized spacial score (nSPS) is 31.6. The highest BCUT2D eigenvalue weighted by atomic mass is 16.7. The van der Waals surface area contributed by atoms with Crippen LogP contribution in [0.4, 0.5) is 0 Å². The molecule has 1 heterocycles. The average molecular weight is 314 g/mol. The molecule has 1 unspecified atom stereocenters. The highest BCUT2D eigenvalue weighted by Gasteiger charge is 2.44. The van der Waals surface area contributed by atoms with E-state index >= 15 is 0 Å². The number of hydrogen-bond donors (Lipinski definition) is 4. The zero-order chi connectivity index (χ0) is 16.3. The summed E-state index contributed by atoms with van der Waals surface area (Å²) in [6.07, 6.45) is -7.03. The molecule has 0 bridgehead atoms. The van der Waals surface area contributed by atoms with Gasteiger partial charge < -0.3 is 34.6 Å². The molecule has 0 amide bonds. The molecule has 0 aromatic heterocycles. The molecule has 2 rings (SSSR count). The number of esters is 1. The Kier molecular flexibility index (Phi) is 5.33. The van der Waals surface area contributed by atoms with Crippen LogP contribution in [0, 0.1) is 0 Å². The zero-order valence-corrected chi connectivity index (χ0v) is 11.8. The maximum Gasteiger partial charge on any atom is 0.341 e. The van der Waals surface area contributed by atoms with Crippen LogP contribution in [0.5, 0.6) is 5.75 Å². The van der Waals surface area contributed by atoms with Crippen LogP contribution in [0.25, 0.3) is 0 Å². The number of carbonyl (C=O) groups excluding carboxylic acids is 1. The predicted molar refractivity (Wildman–Crippen MR) is 72.2 cm³/mol. The summed E-state index contributed by atoms with van der Waals surface area (Å²) in [6.45, 7) is -0.566. The molecule has 4 N–H and O–H groups in total. The number of aliphatic hydroxyl groups excluding tert-OH is 4. The van der Waals surface area contributed by atoms with Crippen LogP contribution in [-0.4, -0.2) is 70.8 Å². The lowest BCUT2D eigenvalue weighted by Gasteiger charge is -2.39. The summed E-state index contributed by atoms with van der Waals surface area (Å²) < 4.78 is 15.3. The zero-order valence-electron chi connectivity index (χ0n) is 11.8. The molecule has 8 heteroatoms. The summed E-state index contributed by atoms with van der Waals surface area (Å²) >= 11 is 0. The van der Waals surface area contributed by atoms with Crippen LogP contribution in [-0.2, 0) is 9.47 Å². The van der Waals surface area contributed by atoms with Crippen LogP contribution in [0.1, 0.15) is 10.4 Å². The fourth-order valence-electron chi connectivity index (χ4n) is 2.14. The van der Waals surface area contributed by atoms with Gasteiger partial charge in [0.05, 0.1) is 13.7 Å². The minimum atomic E-state index is -1.55. The third-order valence-electron chi connectivity index (χ3n) is 3.38. The topological polar surface area (TPSA) is 126 Å². The number of para-hydroxylation sites is 1. The third-order valence-corrected chi connectivity index (χ3v) is 3.38. The minimum absolute atomic E-state index is 0.0821. The molecule has 0 radical (unpaired) electrons. The number of ether oxygens (including phenoxy) is 3. The summed E-state index contributed by atoms with van der Waals surface area (Å²) in [5, 5.41) is 38.4. The summed E-state index contributed by atoms with van der Waals surface area (Å²) in [5.74, 6) is -0.557. The van der Waals surface area contributed by atoms with Crippen LogP contribution >= 0.6 is 0 Å². The van der Waals surface area contributed by atoms with Crippen molar-refractivity contribution >= 4 is 5.97 Å². The second-order valence-corrected chi connectivity index (χ2v) is 4.80. The van der Waals surface area contributed by atoms with E-state index in [1.165, 1.54) is 19.2 Å². The van der Waals surface area contributed by atoms with Crippen molar-refractivity contribution in [2.24, 2.45) is 0 Å². The molecule has 1 fully saturated rings. The van der Waals surface area contributed by atoms with Crippen molar-refractivity contribution in [2.45, 2.75) is 30.7 Å². The summed E-state index contributed by atoms with van der Waals surface area (Å²) in [6, 6.07) is 6.14. The number of methoxy groups -OCH3 is 1. The van der Waals surface area contributed by atoms with Gasteiger partial charge in [0.1, 0.15) is 35.7 Å². The molecule has 0 aliphatic carbocycles. The fraction of sp³-hybridized carbons (Fsp3) is 0.500. The molecule has 5 atom stereocenters. The van der Waals surface area contributed by atoms with Gasteiger partial charge in [-0.1, -0.05) is 12.1 Å². The van der Waals surface area contributed by atoms with Gasteiger partial charge in [-0.25, -0.2) is 4.79 Å². The van der Waals surface area contributed by atoms with Gasteiger partial charge >= 0.3 is 5.97 Å². The number of carbonyl (C=O) groups is 1. The molecule has 1 aromatic rings. The first-order valence-corrected chi connectivity index (χ1v) is 6.64. The molecular formula is C14H18O8. The maximum absolute atomic E-state index is 11.7. The van der Waals surface area contributed by atoms with E-state index in [1.807, 2.05) is 0 Å². The van der Waals surface area contributed by atoms with Crippen LogP contribution in [0.2, 0.25) is 0 Å². The molecule has 1 saturated heterocycles. The van der Waals surface area contributed by atoms with Crippen molar-refractivity contribution in [1.29, 1.82) is 0 Å². The summed E-state index contributed by atoms with van der Waals surface area (Å²) in [5.41, 5.74) is 0.113. The Morgan fingerprint density at radius 1 is 1.18 bits per heavy atom. The van der Waals surface area contributed by atoms with Gasteiger partial charge in [-0.3, -0.25) is 0 Å². The molecule has 1 aliphatic heterocycles. The molecule has 1 aliphatic rings. The molecule has 122 valence electrons. The van der Waals surface area contributed by atoms with E-state index in [0.29, 0.717) is 0 Å². The second kappa shape index (κ2) is 7.03. The highest BCUT2D eigenvalue weighted by molar-refractivity contribution is 5.92. The Morgan fingerprint density at radius 3 is 2.50 bits per heavy atom. The lowest BCUT2D eigenvalue weighted by molar-refractivity contribution is -0.277. The smallest absolute Gasteiger partial charge is 0.341 e. The van der Waals surface area contributed by atoms with Crippen molar-refractivity contribution in [3.8, 4) is 5.75 Å². The standard InChI is InChI=1S/C14H18O8/c1-20-13(19)7-4-2-3-5-8(7)21-14-12(18)11(17)10(16)9(6-15)22-14/h2-5,9-12,14-18H,6H2,1H3/t9-,10+,11+,12-,14?/m1/s1. The van der Waals surface area contributed by atoms with Crippen molar-refractivity contribution in [2.75, 3.05) is 13.7 Å². The molecule has 22 heavy (non-hydrogen) atoms. The summed E-state index contributed by atoms with van der Waals surface area (Å²) in [7, 11) is 1.22. The fourth-order valence-corrected chi connectivity index (χ4v) is 2.14. The van der Waals surface area contributed by atoms with E-state index < -0.39 is 43.3 Å². The Labute approximate surface area is 126 Å². The number of aliphatic hydroxyl groups is 4. The third kappa shape index (κ3) is 3.21. The van der Waals surface area contributed by atoms with E-state index in [-0.39, 0.29) is 11.3 Å². The number of rotatable bonds is 4. The molecule has 8 nitrogen and oxygen atoms in total. The van der Waals surface area contributed by atoms with E-state index in [0.717, 1.165) is 0 Å². The largest absolute Gasteiger partial charge is 0.465 e. The van der Waals surface area contributed by atoms with Gasteiger partial charge in [-0.05, 0) is 12.1 Å². The predicted octanol–water partition coefficient (Wildman–Crippen LogP) is -1.35. The lowest BCUT2D eigenvalue weighted by Crippen LogP contribution is -2.60. The first-order valence-electron chi connectivity index (χ1n) is 6.64. The molecule has 0 saturated carbocycles. The van der Waals surface area contributed by atoms with Crippen molar-refractivity contribution in [1.82, 2.24) is 0 Å². The molecule has 1 aromatic carbocycles. The van der Waals surface area contributed by atoms with Crippen LogP contribution < -0.4 is 4.74 Å². The average Bonchev–Trinajstić information content (AvgIpc) is 2.55. The number of benzene rings is 1. The Morgan fingerprint density at radius 2 is 1.86 bits per heavy atom. The van der Waals surface area contributed by atoms with Gasteiger partial charge in [-0.15, -0.1) is 0 Å². The summed E-state index contributed by atoms with van der Waals surface area (Å²) in [4.78, 5) is 11.7. The van der Waals surface area contributed by atoms with Gasteiger partial charge in [0.15, 0.2) is 0 Å². The first-order chi connectivity index (χ1) is 10.5. The van der Waals surface area contributed by atoms with Gasteiger partial charge in [0.2, 0.25) is 6.29 Å². The first kappa shape index (κ1) is 16.7. The second-order valence-electron chi connectivity index (χ2n) is 4.80. The minimum Gasteiger partial charge on any atom is -0.465 e. The van der Waals surface area contributed by atoms with E-state index in [2.05, 4.69) is 4.74 Å². The van der Waals surface area contributed by atoms with Gasteiger partial charge in [0, 0.05) is 0 Å². The van der Waals surface area contributed by atoms with Gasteiger partial charge in [0.25, 0.3) is 0 Å². The molecular weight excluding hydrogens is 296 g/mol. The van der Waals surface area contributed by atoms with E-state index in [4.69, 9.17) is 14.6 Å². The Balaban J connectivity index is 2.21. The van der Waals surface area contributed by atoms with Crippen molar-refractivity contribution < 1.29 is 39.4 Å². The SMILES string of the molecule is COC(=O)c1ccccc1OC1O[C@H](CO)[C@H](O)[C@H](O)[C@H]1O. The monoisotopic (exact) mass is 314 g/mol. The highest BCUT2D eigenvalue weighted by Crippen LogP contribution is 2.26. The van der Waals surface area contributed by atoms with Crippen molar-refractivity contribution in [3.05, 3.63) is 29.8 Å².